The smallest absolute Gasteiger partial charge is 0.287 e. The van der Waals surface area contributed by atoms with Gasteiger partial charge in [-0.25, -0.2) is 9.55 Å². The minimum absolute atomic E-state index is 0.0953. The van der Waals surface area contributed by atoms with Gasteiger partial charge in [0.1, 0.15) is 0 Å². The average Bonchev–Trinajstić information content (AvgIpc) is 3.08. The average molecular weight is 376 g/mol. The maximum Gasteiger partial charge on any atom is 0.287 e. The minimum atomic E-state index is -0.475. The van der Waals surface area contributed by atoms with Crippen molar-refractivity contribution < 1.29 is 4.79 Å². The van der Waals surface area contributed by atoms with E-state index in [4.69, 9.17) is 5.73 Å². The van der Waals surface area contributed by atoms with Crippen LogP contribution in [-0.2, 0) is 0 Å². The Morgan fingerprint density at radius 3 is 2.30 bits per heavy atom. The molecule has 150 valence electrons. The van der Waals surface area contributed by atoms with E-state index in [-0.39, 0.29) is 23.0 Å². The quantitative estimate of drug-likeness (QED) is 0.538. The molecule has 0 bridgehead atoms. The number of rotatable bonds is 12. The molecule has 27 heavy (non-hydrogen) atoms. The molecule has 0 aliphatic carbocycles. The van der Waals surface area contributed by atoms with E-state index in [1.54, 1.807) is 0 Å². The maximum atomic E-state index is 12.3. The zero-order chi connectivity index (χ0) is 19.6. The normalized spacial score (nSPS) is 11.5. The number of aromatic nitrogens is 4. The summed E-state index contributed by atoms with van der Waals surface area (Å²) in [6, 6.07) is 0. The van der Waals surface area contributed by atoms with E-state index in [1.165, 1.54) is 51.3 Å². The van der Waals surface area contributed by atoms with Gasteiger partial charge in [0.05, 0.1) is 6.33 Å². The van der Waals surface area contributed by atoms with E-state index >= 15 is 0 Å². The molecule has 0 saturated carbocycles. The van der Waals surface area contributed by atoms with Gasteiger partial charge in [0, 0.05) is 6.42 Å². The second-order valence-corrected chi connectivity index (χ2v) is 7.72. The number of hydrogen-bond acceptors (Lipinski definition) is 5. The zero-order valence-electron chi connectivity index (χ0n) is 16.7. The summed E-state index contributed by atoms with van der Waals surface area (Å²) < 4.78 is 0.956. The van der Waals surface area contributed by atoms with Gasteiger partial charge in [-0.3, -0.25) is 9.59 Å². The Morgan fingerprint density at radius 1 is 1.07 bits per heavy atom. The second-order valence-electron chi connectivity index (χ2n) is 7.72. The molecular weight excluding hydrogens is 342 g/mol. The summed E-state index contributed by atoms with van der Waals surface area (Å²) in [7, 11) is 0. The number of H-pyrrole nitrogens is 1. The molecule has 2 aromatic rings. The Labute approximate surface area is 160 Å². The number of nitrogen functional groups attached to an aromatic ring is 1. The fourth-order valence-electron chi connectivity index (χ4n) is 3.32. The number of hydrogen-bond donors (Lipinski definition) is 2. The summed E-state index contributed by atoms with van der Waals surface area (Å²) >= 11 is 0. The summed E-state index contributed by atoms with van der Waals surface area (Å²) in [6.07, 6.45) is 13.7. The Morgan fingerprint density at radius 2 is 1.67 bits per heavy atom. The van der Waals surface area contributed by atoms with Crippen molar-refractivity contribution in [1.29, 1.82) is 0 Å². The number of nitrogens with two attached hydrogens (primary N) is 1. The van der Waals surface area contributed by atoms with Gasteiger partial charge >= 0.3 is 0 Å². The first-order valence-electron chi connectivity index (χ1n) is 10.3. The topological polar surface area (TPSA) is 107 Å². The number of nitrogens with one attached hydrogen (secondary N) is 1. The lowest BCUT2D eigenvalue weighted by Gasteiger charge is -2.07. The van der Waals surface area contributed by atoms with E-state index in [9.17, 15) is 9.59 Å². The molecule has 2 rings (SSSR count). The lowest BCUT2D eigenvalue weighted by molar-refractivity contribution is 0.0897. The number of carbonyl (C=O) groups is 1. The highest BCUT2D eigenvalue weighted by Gasteiger charge is 2.16. The molecule has 0 amide bonds. The van der Waals surface area contributed by atoms with Crippen LogP contribution in [0.25, 0.3) is 11.2 Å². The molecule has 0 aliphatic heterocycles. The molecule has 0 fully saturated rings. The number of unbranched alkanes of at least 4 members (excludes halogenated alkanes) is 8. The number of nitrogens with zero attached hydrogens (tertiary/aromatic N) is 3. The van der Waals surface area contributed by atoms with Crippen molar-refractivity contribution in [1.82, 2.24) is 19.5 Å². The van der Waals surface area contributed by atoms with Crippen LogP contribution in [0, 0.1) is 5.92 Å². The van der Waals surface area contributed by atoms with Crippen LogP contribution >= 0.6 is 0 Å². The third-order valence-electron chi connectivity index (χ3n) is 4.91. The molecular formula is C20H33N5O2. The van der Waals surface area contributed by atoms with Crippen LogP contribution in [0.1, 0.15) is 89.3 Å². The van der Waals surface area contributed by atoms with Gasteiger partial charge in [-0.05, 0) is 12.3 Å². The van der Waals surface area contributed by atoms with Crippen LogP contribution < -0.4 is 11.3 Å². The number of anilines is 1. The van der Waals surface area contributed by atoms with Crippen molar-refractivity contribution in [2.75, 3.05) is 5.73 Å². The largest absolute Gasteiger partial charge is 0.369 e. The molecule has 0 unspecified atom stereocenters. The van der Waals surface area contributed by atoms with Gasteiger partial charge in [0.2, 0.25) is 11.9 Å². The van der Waals surface area contributed by atoms with E-state index < -0.39 is 5.56 Å². The van der Waals surface area contributed by atoms with Gasteiger partial charge in [-0.1, -0.05) is 71.6 Å². The van der Waals surface area contributed by atoms with Gasteiger partial charge in [-0.15, -0.1) is 0 Å². The van der Waals surface area contributed by atoms with Crippen molar-refractivity contribution in [2.24, 2.45) is 5.92 Å². The second kappa shape index (κ2) is 10.8. The summed E-state index contributed by atoms with van der Waals surface area (Å²) in [5.41, 5.74) is 5.74. The zero-order valence-corrected chi connectivity index (χ0v) is 16.7. The van der Waals surface area contributed by atoms with E-state index in [0.717, 1.165) is 29.7 Å². The molecule has 0 saturated heterocycles. The lowest BCUT2D eigenvalue weighted by Crippen LogP contribution is -2.30. The molecule has 2 heterocycles. The molecule has 2 aromatic heterocycles. The Bertz CT molecular complexity index is 778. The highest BCUT2D eigenvalue weighted by Crippen LogP contribution is 2.14. The maximum absolute atomic E-state index is 12.3. The number of imidazole rings is 1. The minimum Gasteiger partial charge on any atom is -0.369 e. The lowest BCUT2D eigenvalue weighted by atomic mass is 10.0. The number of carbonyl (C=O) groups excluding carboxylic acids is 1. The van der Waals surface area contributed by atoms with Crippen LogP contribution in [0.2, 0.25) is 0 Å². The van der Waals surface area contributed by atoms with Crippen molar-refractivity contribution in [3.8, 4) is 0 Å². The fourth-order valence-corrected chi connectivity index (χ4v) is 3.32. The Balaban J connectivity index is 1.61. The summed E-state index contributed by atoms with van der Waals surface area (Å²) in [4.78, 5) is 35.3. The predicted octanol–water partition coefficient (Wildman–Crippen LogP) is 4.29. The van der Waals surface area contributed by atoms with Crippen molar-refractivity contribution in [3.05, 3.63) is 16.7 Å². The number of aromatic amines is 1. The third-order valence-corrected chi connectivity index (χ3v) is 4.91. The fraction of sp³-hybridized carbons (Fsp3) is 0.700. The highest BCUT2D eigenvalue weighted by molar-refractivity contribution is 5.84. The van der Waals surface area contributed by atoms with Gasteiger partial charge in [-0.2, -0.15) is 4.98 Å². The number of fused-ring (bicyclic) bond motifs is 1. The van der Waals surface area contributed by atoms with E-state index in [0.29, 0.717) is 6.42 Å². The van der Waals surface area contributed by atoms with Gasteiger partial charge in [0.25, 0.3) is 5.56 Å². The van der Waals surface area contributed by atoms with Crippen molar-refractivity contribution in [2.45, 2.75) is 84.5 Å². The van der Waals surface area contributed by atoms with Crippen LogP contribution in [0.3, 0.4) is 0 Å². The van der Waals surface area contributed by atoms with Crippen LogP contribution in [0.4, 0.5) is 5.95 Å². The molecule has 7 heteroatoms. The highest BCUT2D eigenvalue weighted by atomic mass is 16.2. The first kappa shape index (κ1) is 21.1. The van der Waals surface area contributed by atoms with E-state index in [2.05, 4.69) is 28.8 Å². The molecule has 0 spiro atoms. The molecule has 0 radical (unpaired) electrons. The third kappa shape index (κ3) is 6.48. The van der Waals surface area contributed by atoms with Gasteiger partial charge in [0.15, 0.2) is 11.2 Å². The summed E-state index contributed by atoms with van der Waals surface area (Å²) in [6.45, 7) is 4.56. The predicted molar refractivity (Wildman–Crippen MR) is 109 cm³/mol. The van der Waals surface area contributed by atoms with Crippen LogP contribution in [0.5, 0.6) is 0 Å². The molecule has 0 aromatic carbocycles. The van der Waals surface area contributed by atoms with Crippen LogP contribution in [-0.4, -0.2) is 25.4 Å². The molecule has 3 N–H and O–H groups in total. The van der Waals surface area contributed by atoms with Crippen molar-refractivity contribution >= 4 is 23.0 Å². The van der Waals surface area contributed by atoms with Crippen molar-refractivity contribution in [3.63, 3.8) is 0 Å². The molecule has 0 atom stereocenters. The first-order chi connectivity index (χ1) is 13.0. The van der Waals surface area contributed by atoms with Crippen LogP contribution in [0.15, 0.2) is 11.1 Å². The van der Waals surface area contributed by atoms with E-state index in [1.807, 2.05) is 0 Å². The molecule has 7 nitrogen and oxygen atoms in total. The summed E-state index contributed by atoms with van der Waals surface area (Å²) in [5, 5.41) is 0. The SMILES string of the molecule is CC(C)CCCCCCCCCCCC(=O)n1c(N)nc2nc[nH]c2c1=O. The Kier molecular flexibility index (Phi) is 8.48. The molecule has 0 aliphatic rings. The monoisotopic (exact) mass is 375 g/mol. The summed E-state index contributed by atoms with van der Waals surface area (Å²) in [5.74, 6) is 0.421. The first-order valence-corrected chi connectivity index (χ1v) is 10.3. The van der Waals surface area contributed by atoms with Gasteiger partial charge < -0.3 is 10.7 Å². The standard InChI is InChI=1S/C20H33N5O2/c1-15(2)12-10-8-6-4-3-5-7-9-11-13-16(26)25-19(27)17-18(23-14-22-17)24-20(25)21/h14-15H,3-13H2,1-2H3,(H2,21,24)(H,22,23). The Hall–Kier alpha value is -2.18.